The first-order valence-electron chi connectivity index (χ1n) is 3.52. The molecule has 53 valence electrons. The van der Waals surface area contributed by atoms with E-state index in [1.165, 1.54) is 0 Å². The van der Waals surface area contributed by atoms with Crippen molar-refractivity contribution in [3.05, 3.63) is 0 Å². The molecule has 0 aromatic carbocycles. The number of carbonyl (C=O) groups is 1. The summed E-state index contributed by atoms with van der Waals surface area (Å²) in [7, 11) is 0. The predicted octanol–water partition coefficient (Wildman–Crippen LogP) is -0.155. The summed E-state index contributed by atoms with van der Waals surface area (Å²) >= 11 is 0. The van der Waals surface area contributed by atoms with Gasteiger partial charge in [-0.1, -0.05) is 0 Å². The summed E-state index contributed by atoms with van der Waals surface area (Å²) in [5.41, 5.74) is 2.44. The topological polar surface area (TPSA) is 46.4 Å². The molecule has 1 radical (unpaired) electrons. The van der Waals surface area contributed by atoms with Crippen molar-refractivity contribution in [3.8, 4) is 0 Å². The Kier molecular flexibility index (Phi) is 1.12. The standard InChI is InChI=1S/C6H9N3O/c10-6-8-7-5-3-1-2-4-9(5)6/h1-4H2,(H,8,10)/q+1. The van der Waals surface area contributed by atoms with Crippen LogP contribution in [0.3, 0.4) is 0 Å². The second-order valence-corrected chi connectivity index (χ2v) is 2.55. The zero-order chi connectivity index (χ0) is 6.97. The van der Waals surface area contributed by atoms with Crippen molar-refractivity contribution >= 4 is 11.9 Å². The van der Waals surface area contributed by atoms with E-state index in [4.69, 9.17) is 0 Å². The molecule has 0 bridgehead atoms. The van der Waals surface area contributed by atoms with Crippen LogP contribution >= 0.6 is 0 Å². The Labute approximate surface area is 58.9 Å². The van der Waals surface area contributed by atoms with Gasteiger partial charge in [0.2, 0.25) is 0 Å². The minimum atomic E-state index is -0.0605. The fourth-order valence-electron chi connectivity index (χ4n) is 1.32. The van der Waals surface area contributed by atoms with Crippen molar-refractivity contribution < 1.29 is 4.79 Å². The van der Waals surface area contributed by atoms with Crippen LogP contribution in [0.1, 0.15) is 19.3 Å². The maximum Gasteiger partial charge on any atom is 0.447 e. The van der Waals surface area contributed by atoms with E-state index in [-0.39, 0.29) is 6.03 Å². The largest absolute Gasteiger partial charge is 0.447 e. The zero-order valence-electron chi connectivity index (χ0n) is 5.63. The molecule has 0 saturated carbocycles. The zero-order valence-corrected chi connectivity index (χ0v) is 5.63. The van der Waals surface area contributed by atoms with Crippen molar-refractivity contribution in [1.82, 2.24) is 15.4 Å². The van der Waals surface area contributed by atoms with Crippen LogP contribution in [-0.4, -0.2) is 23.3 Å². The van der Waals surface area contributed by atoms with Gasteiger partial charge in [-0.3, -0.25) is 0 Å². The van der Waals surface area contributed by atoms with Gasteiger partial charge in [0.1, 0.15) is 0 Å². The third-order valence-electron chi connectivity index (χ3n) is 1.87. The molecule has 2 aliphatic heterocycles. The average molecular weight is 139 g/mol. The molecule has 2 aliphatic rings. The molecule has 1 N–H and O–H groups in total. The Morgan fingerprint density at radius 3 is 3.20 bits per heavy atom. The molecule has 2 heterocycles. The minimum Gasteiger partial charge on any atom is -0.217 e. The summed E-state index contributed by atoms with van der Waals surface area (Å²) in [6.45, 7) is 0.838. The fourth-order valence-corrected chi connectivity index (χ4v) is 1.32. The molecule has 0 unspecified atom stereocenters. The highest BCUT2D eigenvalue weighted by Crippen LogP contribution is 2.11. The van der Waals surface area contributed by atoms with Crippen LogP contribution in [0.25, 0.3) is 0 Å². The molecule has 0 atom stereocenters. The quantitative estimate of drug-likeness (QED) is 0.498. The molecule has 0 aliphatic carbocycles. The number of hydrogen-bond donors (Lipinski definition) is 1. The molecule has 0 aromatic rings. The van der Waals surface area contributed by atoms with Crippen LogP contribution in [0, 0.1) is 0 Å². The number of fused-ring (bicyclic) bond motifs is 1. The molecule has 1 fully saturated rings. The number of urea groups is 1. The van der Waals surface area contributed by atoms with Crippen molar-refractivity contribution in [2.45, 2.75) is 19.3 Å². The van der Waals surface area contributed by atoms with Crippen LogP contribution < -0.4 is 10.5 Å². The lowest BCUT2D eigenvalue weighted by Crippen LogP contribution is -2.37. The van der Waals surface area contributed by atoms with Crippen molar-refractivity contribution in [2.24, 2.45) is 0 Å². The summed E-state index contributed by atoms with van der Waals surface area (Å²) in [6, 6.07) is -0.0605. The average Bonchev–Trinajstić information content (AvgIpc) is 2.34. The van der Waals surface area contributed by atoms with Gasteiger partial charge < -0.3 is 0 Å². The number of rotatable bonds is 0. The van der Waals surface area contributed by atoms with Crippen LogP contribution in [0.5, 0.6) is 0 Å². The molecule has 1 saturated heterocycles. The maximum atomic E-state index is 10.9. The van der Waals surface area contributed by atoms with Gasteiger partial charge in [-0.15, -0.1) is 5.43 Å². The van der Waals surface area contributed by atoms with Gasteiger partial charge in [0.15, 0.2) is 0 Å². The fraction of sp³-hybridized carbons (Fsp3) is 0.667. The Hall–Kier alpha value is -1.06. The molecule has 4 heteroatoms. The molecular weight excluding hydrogens is 130 g/mol. The smallest absolute Gasteiger partial charge is 0.217 e. The SMILES string of the molecule is O=C1N[N+]=C2CCCCN12. The normalized spacial score (nSPS) is 23.8. The van der Waals surface area contributed by atoms with Gasteiger partial charge in [-0.05, 0) is 12.8 Å². The highest BCUT2D eigenvalue weighted by Gasteiger charge is 2.38. The molecular formula is C6H9N3O+. The van der Waals surface area contributed by atoms with Gasteiger partial charge in [0, 0.05) is 0 Å². The number of amides is 2. The second kappa shape index (κ2) is 1.97. The van der Waals surface area contributed by atoms with Crippen molar-refractivity contribution in [2.75, 3.05) is 6.54 Å². The van der Waals surface area contributed by atoms with Crippen LogP contribution in [0.2, 0.25) is 0 Å². The van der Waals surface area contributed by atoms with E-state index in [1.807, 2.05) is 0 Å². The third-order valence-corrected chi connectivity index (χ3v) is 1.87. The van der Waals surface area contributed by atoms with Crippen LogP contribution in [0.15, 0.2) is 0 Å². The first kappa shape index (κ1) is 5.70. The number of nitrogens with zero attached hydrogens (tertiary/aromatic N) is 2. The molecule has 2 rings (SSSR count). The lowest BCUT2D eigenvalue weighted by Gasteiger charge is -2.11. The minimum absolute atomic E-state index is 0.0605. The third kappa shape index (κ3) is 0.683. The summed E-state index contributed by atoms with van der Waals surface area (Å²) < 4.78 is 0. The summed E-state index contributed by atoms with van der Waals surface area (Å²) in [4.78, 5) is 12.6. The number of carbonyl (C=O) groups excluding carboxylic acids is 1. The van der Waals surface area contributed by atoms with E-state index in [1.54, 1.807) is 4.90 Å². The van der Waals surface area contributed by atoms with E-state index in [0.29, 0.717) is 0 Å². The van der Waals surface area contributed by atoms with Crippen LogP contribution in [-0.2, 0) is 0 Å². The van der Waals surface area contributed by atoms with Gasteiger partial charge in [0.25, 0.3) is 0 Å². The first-order chi connectivity index (χ1) is 4.88. The highest BCUT2D eigenvalue weighted by molar-refractivity contribution is 6.00. The monoisotopic (exact) mass is 139 g/mol. The Morgan fingerprint density at radius 1 is 1.50 bits per heavy atom. The molecule has 0 spiro atoms. The van der Waals surface area contributed by atoms with E-state index in [0.717, 1.165) is 31.6 Å². The lowest BCUT2D eigenvalue weighted by molar-refractivity contribution is 0.223. The number of hydrogen-bond acceptors (Lipinski definition) is 2. The number of piperidine rings is 1. The Bertz CT molecular complexity index is 199. The highest BCUT2D eigenvalue weighted by atomic mass is 16.2. The van der Waals surface area contributed by atoms with Gasteiger partial charge in [-0.25, -0.2) is 4.79 Å². The Morgan fingerprint density at radius 2 is 2.40 bits per heavy atom. The number of nitrogens with one attached hydrogen (secondary N) is 1. The molecule has 4 nitrogen and oxygen atoms in total. The van der Waals surface area contributed by atoms with E-state index in [9.17, 15) is 4.79 Å². The van der Waals surface area contributed by atoms with Gasteiger partial charge in [0.05, 0.1) is 18.1 Å². The molecule has 0 aromatic heterocycles. The maximum absolute atomic E-state index is 10.9. The number of hydrazone groups is 1. The summed E-state index contributed by atoms with van der Waals surface area (Å²) in [5.74, 6) is 0.913. The van der Waals surface area contributed by atoms with E-state index >= 15 is 0 Å². The number of amidine groups is 1. The predicted molar refractivity (Wildman–Crippen MR) is 36.2 cm³/mol. The Balaban J connectivity index is 2.18. The van der Waals surface area contributed by atoms with E-state index < -0.39 is 0 Å². The van der Waals surface area contributed by atoms with E-state index in [2.05, 4.69) is 10.5 Å². The molecule has 10 heavy (non-hydrogen) atoms. The summed E-state index contributed by atoms with van der Waals surface area (Å²) in [5, 5.41) is 3.88. The van der Waals surface area contributed by atoms with Crippen molar-refractivity contribution in [3.63, 3.8) is 0 Å². The van der Waals surface area contributed by atoms with Gasteiger partial charge in [-0.2, -0.15) is 4.90 Å². The van der Waals surface area contributed by atoms with Gasteiger partial charge >= 0.3 is 11.9 Å². The first-order valence-corrected chi connectivity index (χ1v) is 3.52. The summed E-state index contributed by atoms with van der Waals surface area (Å²) in [6.07, 6.45) is 3.20. The van der Waals surface area contributed by atoms with Crippen molar-refractivity contribution in [1.29, 1.82) is 0 Å². The second-order valence-electron chi connectivity index (χ2n) is 2.55. The van der Waals surface area contributed by atoms with Crippen LogP contribution in [0.4, 0.5) is 4.79 Å². The molecule has 2 amide bonds. The lowest BCUT2D eigenvalue weighted by atomic mass is 10.1.